The van der Waals surface area contributed by atoms with E-state index in [0.717, 1.165) is 43.8 Å². The van der Waals surface area contributed by atoms with Crippen molar-refractivity contribution < 1.29 is 13.5 Å². The number of aryl methyl sites for hydroxylation is 1. The highest BCUT2D eigenvalue weighted by atomic mass is 19.1. The standard InChI is InChI=1S/C17H21FN4O2/c1-10(15-14(18)9-13-5-8-23-16(13)19-15)22-6-3-12(4-7-22)17-21-20-11(2)24-17/h9-10,12H,3-8H2,1-2H3/t10-/m1/s1. The van der Waals surface area contributed by atoms with Gasteiger partial charge in [-0.05, 0) is 38.9 Å². The van der Waals surface area contributed by atoms with E-state index < -0.39 is 0 Å². The number of aromatic nitrogens is 3. The van der Waals surface area contributed by atoms with Crippen LogP contribution in [0.3, 0.4) is 0 Å². The molecule has 0 aliphatic carbocycles. The Morgan fingerprint density at radius 1 is 1.29 bits per heavy atom. The molecule has 2 aliphatic rings. The Morgan fingerprint density at radius 2 is 2.08 bits per heavy atom. The van der Waals surface area contributed by atoms with Crippen molar-refractivity contribution in [3.05, 3.63) is 34.9 Å². The first-order chi connectivity index (χ1) is 11.6. The van der Waals surface area contributed by atoms with E-state index in [9.17, 15) is 4.39 Å². The molecule has 2 aromatic rings. The molecule has 1 fully saturated rings. The minimum absolute atomic E-state index is 0.0788. The lowest BCUT2D eigenvalue weighted by Crippen LogP contribution is -2.35. The second-order valence-electron chi connectivity index (χ2n) is 6.56. The number of likely N-dealkylation sites (tertiary alicyclic amines) is 1. The van der Waals surface area contributed by atoms with Gasteiger partial charge in [-0.3, -0.25) is 4.90 Å². The number of nitrogens with zero attached hydrogens (tertiary/aromatic N) is 4. The molecule has 0 amide bonds. The molecule has 2 aliphatic heterocycles. The van der Waals surface area contributed by atoms with Gasteiger partial charge in [0.1, 0.15) is 5.82 Å². The number of piperidine rings is 1. The molecule has 7 heteroatoms. The monoisotopic (exact) mass is 332 g/mol. The first kappa shape index (κ1) is 15.5. The van der Waals surface area contributed by atoms with Crippen LogP contribution in [0.15, 0.2) is 10.5 Å². The average Bonchev–Trinajstić information content (AvgIpc) is 3.22. The quantitative estimate of drug-likeness (QED) is 0.861. The molecular formula is C17H21FN4O2. The van der Waals surface area contributed by atoms with Crippen LogP contribution in [0, 0.1) is 12.7 Å². The Bertz CT molecular complexity index is 740. The van der Waals surface area contributed by atoms with Gasteiger partial charge >= 0.3 is 0 Å². The number of hydrogen-bond acceptors (Lipinski definition) is 6. The van der Waals surface area contributed by atoms with Crippen LogP contribution in [0.25, 0.3) is 0 Å². The van der Waals surface area contributed by atoms with Crippen molar-refractivity contribution in [2.24, 2.45) is 0 Å². The van der Waals surface area contributed by atoms with Gasteiger partial charge in [0, 0.05) is 24.8 Å². The lowest BCUT2D eigenvalue weighted by molar-refractivity contribution is 0.148. The van der Waals surface area contributed by atoms with Crippen LogP contribution in [0.2, 0.25) is 0 Å². The van der Waals surface area contributed by atoms with E-state index >= 15 is 0 Å². The summed E-state index contributed by atoms with van der Waals surface area (Å²) in [5, 5.41) is 8.03. The zero-order valence-corrected chi connectivity index (χ0v) is 14.0. The molecular weight excluding hydrogens is 311 g/mol. The summed E-state index contributed by atoms with van der Waals surface area (Å²) in [6, 6.07) is 1.50. The molecule has 1 saturated heterocycles. The molecule has 1 atom stereocenters. The zero-order chi connectivity index (χ0) is 16.7. The molecule has 128 valence electrons. The highest BCUT2D eigenvalue weighted by Crippen LogP contribution is 2.33. The van der Waals surface area contributed by atoms with E-state index in [4.69, 9.17) is 9.15 Å². The van der Waals surface area contributed by atoms with Crippen molar-refractivity contribution in [1.29, 1.82) is 0 Å². The fourth-order valence-corrected chi connectivity index (χ4v) is 3.56. The van der Waals surface area contributed by atoms with Crippen LogP contribution >= 0.6 is 0 Å². The van der Waals surface area contributed by atoms with Crippen LogP contribution in [0.1, 0.15) is 54.8 Å². The van der Waals surface area contributed by atoms with Gasteiger partial charge in [0.05, 0.1) is 18.3 Å². The highest BCUT2D eigenvalue weighted by molar-refractivity contribution is 5.33. The van der Waals surface area contributed by atoms with Crippen LogP contribution in [-0.2, 0) is 6.42 Å². The van der Waals surface area contributed by atoms with Gasteiger partial charge in [0.15, 0.2) is 0 Å². The second-order valence-corrected chi connectivity index (χ2v) is 6.56. The highest BCUT2D eigenvalue weighted by Gasteiger charge is 2.30. The minimum Gasteiger partial charge on any atom is -0.477 e. The lowest BCUT2D eigenvalue weighted by atomic mass is 9.95. The van der Waals surface area contributed by atoms with Gasteiger partial charge in [0.2, 0.25) is 17.7 Å². The fourth-order valence-electron chi connectivity index (χ4n) is 3.56. The summed E-state index contributed by atoms with van der Waals surface area (Å²) in [5.74, 6) is 1.96. The maximum absolute atomic E-state index is 14.4. The second kappa shape index (κ2) is 6.12. The molecule has 0 saturated carbocycles. The fraction of sp³-hybridized carbons (Fsp3) is 0.588. The third kappa shape index (κ3) is 2.77. The van der Waals surface area contributed by atoms with Crippen molar-refractivity contribution in [3.63, 3.8) is 0 Å². The van der Waals surface area contributed by atoms with Crippen LogP contribution in [0.5, 0.6) is 5.88 Å². The summed E-state index contributed by atoms with van der Waals surface area (Å²) in [4.78, 5) is 6.69. The summed E-state index contributed by atoms with van der Waals surface area (Å²) in [7, 11) is 0. The summed E-state index contributed by atoms with van der Waals surface area (Å²) >= 11 is 0. The Kier molecular flexibility index (Phi) is 3.96. The largest absolute Gasteiger partial charge is 0.477 e. The van der Waals surface area contributed by atoms with Gasteiger partial charge in [-0.25, -0.2) is 9.37 Å². The molecule has 0 spiro atoms. The van der Waals surface area contributed by atoms with E-state index in [1.54, 1.807) is 13.0 Å². The van der Waals surface area contributed by atoms with Crippen molar-refractivity contribution in [2.75, 3.05) is 19.7 Å². The number of ether oxygens (including phenoxy) is 1. The topological polar surface area (TPSA) is 64.3 Å². The summed E-state index contributed by atoms with van der Waals surface area (Å²) in [6.07, 6.45) is 2.59. The van der Waals surface area contributed by atoms with Gasteiger partial charge in [-0.2, -0.15) is 0 Å². The van der Waals surface area contributed by atoms with Gasteiger partial charge in [0.25, 0.3) is 0 Å². The zero-order valence-electron chi connectivity index (χ0n) is 14.0. The Morgan fingerprint density at radius 3 is 2.79 bits per heavy atom. The number of hydrogen-bond donors (Lipinski definition) is 0. The summed E-state index contributed by atoms with van der Waals surface area (Å²) in [5.41, 5.74) is 1.34. The third-order valence-corrected chi connectivity index (χ3v) is 5.02. The van der Waals surface area contributed by atoms with Crippen molar-refractivity contribution in [1.82, 2.24) is 20.1 Å². The predicted octanol–water partition coefficient (Wildman–Crippen LogP) is 2.79. The Balaban J connectivity index is 1.46. The van der Waals surface area contributed by atoms with E-state index in [0.29, 0.717) is 24.1 Å². The number of fused-ring (bicyclic) bond motifs is 1. The van der Waals surface area contributed by atoms with Gasteiger partial charge in [-0.1, -0.05) is 0 Å². The average molecular weight is 332 g/mol. The first-order valence-corrected chi connectivity index (χ1v) is 8.48. The molecule has 4 heterocycles. The predicted molar refractivity (Wildman–Crippen MR) is 84.4 cm³/mol. The van der Waals surface area contributed by atoms with Crippen molar-refractivity contribution in [3.8, 4) is 5.88 Å². The molecule has 24 heavy (non-hydrogen) atoms. The van der Waals surface area contributed by atoms with Gasteiger partial charge < -0.3 is 9.15 Å². The molecule has 2 aromatic heterocycles. The molecule has 6 nitrogen and oxygen atoms in total. The Labute approximate surface area is 140 Å². The molecule has 0 bridgehead atoms. The number of halogens is 1. The Hall–Kier alpha value is -2.02. The minimum atomic E-state index is -0.235. The maximum Gasteiger partial charge on any atom is 0.219 e. The molecule has 0 N–H and O–H groups in total. The first-order valence-electron chi connectivity index (χ1n) is 8.48. The van der Waals surface area contributed by atoms with E-state index in [1.807, 2.05) is 6.92 Å². The van der Waals surface area contributed by atoms with Crippen molar-refractivity contribution >= 4 is 0 Å². The molecule has 0 aromatic carbocycles. The normalized spacial score (nSPS) is 20.0. The van der Waals surface area contributed by atoms with E-state index in [1.165, 1.54) is 0 Å². The third-order valence-electron chi connectivity index (χ3n) is 5.02. The summed E-state index contributed by atoms with van der Waals surface area (Å²) < 4.78 is 25.4. The van der Waals surface area contributed by atoms with Crippen molar-refractivity contribution in [2.45, 2.75) is 45.1 Å². The number of rotatable bonds is 3. The van der Waals surface area contributed by atoms with Crippen LogP contribution in [-0.4, -0.2) is 39.8 Å². The SMILES string of the molecule is Cc1nnc(C2CCN([C@H](C)c3nc4c(cc3F)CCO4)CC2)o1. The van der Waals surface area contributed by atoms with E-state index in [-0.39, 0.29) is 17.8 Å². The summed E-state index contributed by atoms with van der Waals surface area (Å²) in [6.45, 7) is 6.11. The van der Waals surface area contributed by atoms with Crippen LogP contribution in [0.4, 0.5) is 4.39 Å². The maximum atomic E-state index is 14.4. The number of pyridine rings is 1. The van der Waals surface area contributed by atoms with E-state index in [2.05, 4.69) is 20.1 Å². The molecule has 4 rings (SSSR count). The molecule has 0 radical (unpaired) electrons. The van der Waals surface area contributed by atoms with Gasteiger partial charge in [-0.15, -0.1) is 10.2 Å². The van der Waals surface area contributed by atoms with Crippen LogP contribution < -0.4 is 4.74 Å². The smallest absolute Gasteiger partial charge is 0.219 e. The molecule has 0 unspecified atom stereocenters. The lowest BCUT2D eigenvalue weighted by Gasteiger charge is -2.34.